The second-order valence-electron chi connectivity index (χ2n) is 11.3. The lowest BCUT2D eigenvalue weighted by atomic mass is 9.46. The van der Waals surface area contributed by atoms with Crippen molar-refractivity contribution in [2.75, 3.05) is 6.61 Å². The van der Waals surface area contributed by atoms with Crippen molar-refractivity contribution in [2.24, 2.45) is 33.7 Å². The summed E-state index contributed by atoms with van der Waals surface area (Å²) in [6, 6.07) is -0.952. The highest BCUT2D eigenvalue weighted by molar-refractivity contribution is 5.96. The van der Waals surface area contributed by atoms with Gasteiger partial charge in [-0.25, -0.2) is 0 Å². The molecular weight excluding hydrogens is 408 g/mol. The first kappa shape index (κ1) is 23.3. The van der Waals surface area contributed by atoms with Crippen molar-refractivity contribution in [2.45, 2.75) is 90.7 Å². The molecule has 7 heteroatoms. The van der Waals surface area contributed by atoms with Crippen LogP contribution < -0.4 is 5.32 Å². The van der Waals surface area contributed by atoms with Crippen LogP contribution in [0.3, 0.4) is 0 Å². The molecule has 32 heavy (non-hydrogen) atoms. The van der Waals surface area contributed by atoms with E-state index in [1.54, 1.807) is 0 Å². The van der Waals surface area contributed by atoms with Crippen LogP contribution in [-0.4, -0.2) is 46.1 Å². The summed E-state index contributed by atoms with van der Waals surface area (Å²) < 4.78 is 0. The SMILES string of the molecule is C[C@H](NC(=O)CO/N=C1\C=C2CC[C@@H]3[C@H](CC[C@@]4(C)[C@H]3CC[C@]4(C)O)[C@@]2(C)CC1)C(=O)O. The molecule has 0 spiro atoms. The minimum atomic E-state index is -1.08. The molecule has 7 atom stereocenters. The monoisotopic (exact) mass is 446 g/mol. The number of allylic oxidation sites excluding steroid dienone is 2. The summed E-state index contributed by atoms with van der Waals surface area (Å²) in [5.41, 5.74) is 1.98. The van der Waals surface area contributed by atoms with Gasteiger partial charge in [-0.1, -0.05) is 24.6 Å². The maximum Gasteiger partial charge on any atom is 0.325 e. The summed E-state index contributed by atoms with van der Waals surface area (Å²) in [5.74, 6) is 0.371. The third-order valence-corrected chi connectivity index (χ3v) is 9.66. The van der Waals surface area contributed by atoms with Gasteiger partial charge in [-0.05, 0) is 99.9 Å². The van der Waals surface area contributed by atoms with Gasteiger partial charge in [-0.2, -0.15) is 0 Å². The van der Waals surface area contributed by atoms with Gasteiger partial charge < -0.3 is 20.4 Å². The molecule has 0 saturated heterocycles. The highest BCUT2D eigenvalue weighted by atomic mass is 16.6. The molecule has 0 aromatic carbocycles. The van der Waals surface area contributed by atoms with Gasteiger partial charge >= 0.3 is 5.97 Å². The first-order valence-electron chi connectivity index (χ1n) is 12.1. The smallest absolute Gasteiger partial charge is 0.325 e. The number of carbonyl (C=O) groups is 2. The number of hydrogen-bond acceptors (Lipinski definition) is 5. The van der Waals surface area contributed by atoms with Crippen LogP contribution in [-0.2, 0) is 14.4 Å². The van der Waals surface area contributed by atoms with Crippen molar-refractivity contribution < 1.29 is 24.6 Å². The Labute approximate surface area is 190 Å². The topological polar surface area (TPSA) is 108 Å². The Morgan fingerprint density at radius 3 is 2.59 bits per heavy atom. The Bertz CT molecular complexity index is 849. The highest BCUT2D eigenvalue weighted by Crippen LogP contribution is 2.67. The predicted molar refractivity (Wildman–Crippen MR) is 121 cm³/mol. The average Bonchev–Trinajstić information content (AvgIpc) is 2.97. The molecule has 0 aliphatic heterocycles. The highest BCUT2D eigenvalue weighted by Gasteiger charge is 2.62. The van der Waals surface area contributed by atoms with E-state index in [1.807, 2.05) is 0 Å². The van der Waals surface area contributed by atoms with E-state index in [2.05, 4.69) is 37.3 Å². The number of rotatable bonds is 5. The van der Waals surface area contributed by atoms with E-state index in [4.69, 9.17) is 9.94 Å². The number of aliphatic carboxylic acids is 1. The molecule has 4 aliphatic carbocycles. The Kier molecular flexibility index (Phi) is 5.93. The number of aliphatic hydroxyl groups is 1. The van der Waals surface area contributed by atoms with E-state index in [0.29, 0.717) is 17.8 Å². The van der Waals surface area contributed by atoms with Crippen LogP contribution in [0, 0.1) is 28.6 Å². The summed E-state index contributed by atoms with van der Waals surface area (Å²) in [6.45, 7) is 7.92. The molecule has 1 amide bonds. The lowest BCUT2D eigenvalue weighted by molar-refractivity contribution is -0.142. The number of nitrogens with zero attached hydrogens (tertiary/aromatic N) is 1. The summed E-state index contributed by atoms with van der Waals surface area (Å²) >= 11 is 0. The van der Waals surface area contributed by atoms with Crippen LogP contribution in [0.25, 0.3) is 0 Å². The number of fused-ring (bicyclic) bond motifs is 5. The maximum absolute atomic E-state index is 11.8. The van der Waals surface area contributed by atoms with Crippen LogP contribution in [0.2, 0.25) is 0 Å². The first-order valence-corrected chi connectivity index (χ1v) is 12.1. The average molecular weight is 447 g/mol. The fraction of sp³-hybridized carbons (Fsp3) is 0.800. The summed E-state index contributed by atoms with van der Waals surface area (Å²) in [4.78, 5) is 27.9. The van der Waals surface area contributed by atoms with Crippen molar-refractivity contribution in [3.63, 3.8) is 0 Å². The van der Waals surface area contributed by atoms with E-state index in [0.717, 1.165) is 44.2 Å². The molecule has 0 bridgehead atoms. The van der Waals surface area contributed by atoms with Gasteiger partial charge in [0.05, 0.1) is 11.3 Å². The molecule has 0 heterocycles. The number of hydrogen-bond donors (Lipinski definition) is 3. The quantitative estimate of drug-likeness (QED) is 0.559. The zero-order valence-electron chi connectivity index (χ0n) is 19.8. The molecule has 7 nitrogen and oxygen atoms in total. The zero-order chi connectivity index (χ0) is 23.3. The third kappa shape index (κ3) is 3.76. The summed E-state index contributed by atoms with van der Waals surface area (Å²) in [6.07, 6.45) is 10.6. The molecule has 4 aliphatic rings. The van der Waals surface area contributed by atoms with Crippen molar-refractivity contribution in [3.8, 4) is 0 Å². The summed E-state index contributed by atoms with van der Waals surface area (Å²) in [5, 5.41) is 26.5. The fourth-order valence-electron chi connectivity index (χ4n) is 7.41. The largest absolute Gasteiger partial charge is 0.480 e. The molecule has 3 N–H and O–H groups in total. The molecule has 0 radical (unpaired) electrons. The number of nitrogens with one attached hydrogen (secondary N) is 1. The Hall–Kier alpha value is -1.89. The fourth-order valence-corrected chi connectivity index (χ4v) is 7.41. The molecule has 3 fully saturated rings. The van der Waals surface area contributed by atoms with E-state index in [1.165, 1.54) is 25.3 Å². The van der Waals surface area contributed by atoms with Crippen LogP contribution in [0.15, 0.2) is 16.8 Å². The van der Waals surface area contributed by atoms with Crippen molar-refractivity contribution in [1.82, 2.24) is 5.32 Å². The van der Waals surface area contributed by atoms with E-state index >= 15 is 0 Å². The Morgan fingerprint density at radius 1 is 1.16 bits per heavy atom. The molecule has 0 aromatic rings. The van der Waals surface area contributed by atoms with E-state index < -0.39 is 23.5 Å². The lowest BCUT2D eigenvalue weighted by Gasteiger charge is -2.59. The van der Waals surface area contributed by atoms with E-state index in [-0.39, 0.29) is 17.4 Å². The second kappa shape index (κ2) is 8.15. The summed E-state index contributed by atoms with van der Waals surface area (Å²) in [7, 11) is 0. The normalized spacial score (nSPS) is 42.8. The molecule has 0 aromatic heterocycles. The lowest BCUT2D eigenvalue weighted by Crippen LogP contribution is -2.53. The number of carboxylic acid groups (broad SMARTS) is 1. The maximum atomic E-state index is 11.8. The zero-order valence-corrected chi connectivity index (χ0v) is 19.8. The predicted octanol–water partition coefficient (Wildman–Crippen LogP) is 3.66. The standard InChI is InChI=1S/C25H38N2O5/c1-15(22(29)30)26-21(28)14-32-27-17-7-10-23(2)16(13-17)5-6-18-19(23)8-11-24(3)20(18)9-12-25(24,4)31/h13,15,18-20,31H,5-12,14H2,1-4H3,(H,26,28)(H,29,30)/b27-17-/t15-,18+,19-,20-,23-,24-,25-/m0/s1. The number of carboxylic acids is 1. The Balaban J connectivity index is 1.42. The van der Waals surface area contributed by atoms with Gasteiger partial charge in [0.25, 0.3) is 5.91 Å². The molecule has 4 rings (SSSR count). The number of oxime groups is 1. The van der Waals surface area contributed by atoms with Crippen LogP contribution in [0.4, 0.5) is 0 Å². The van der Waals surface area contributed by atoms with Crippen LogP contribution in [0.1, 0.15) is 79.1 Å². The second-order valence-corrected chi connectivity index (χ2v) is 11.3. The van der Waals surface area contributed by atoms with Gasteiger partial charge in [0.1, 0.15) is 6.04 Å². The molecule has 0 unspecified atom stereocenters. The minimum absolute atomic E-state index is 0.0412. The van der Waals surface area contributed by atoms with Crippen molar-refractivity contribution in [3.05, 3.63) is 11.6 Å². The molecule has 3 saturated carbocycles. The van der Waals surface area contributed by atoms with Gasteiger partial charge in [-0.15, -0.1) is 0 Å². The van der Waals surface area contributed by atoms with Crippen molar-refractivity contribution in [1.29, 1.82) is 0 Å². The number of carbonyl (C=O) groups excluding carboxylic acids is 1. The van der Waals surface area contributed by atoms with Crippen molar-refractivity contribution >= 4 is 17.6 Å². The van der Waals surface area contributed by atoms with Gasteiger partial charge in [0.2, 0.25) is 0 Å². The van der Waals surface area contributed by atoms with Gasteiger partial charge in [0, 0.05) is 0 Å². The minimum Gasteiger partial charge on any atom is -0.480 e. The third-order valence-electron chi connectivity index (χ3n) is 9.66. The van der Waals surface area contributed by atoms with Gasteiger partial charge in [-0.3, -0.25) is 9.59 Å². The number of amides is 1. The molecular formula is C25H38N2O5. The molecule has 178 valence electrons. The van der Waals surface area contributed by atoms with E-state index in [9.17, 15) is 14.7 Å². The van der Waals surface area contributed by atoms with Gasteiger partial charge in [0.15, 0.2) is 6.61 Å². The Morgan fingerprint density at radius 2 is 1.88 bits per heavy atom. The van der Waals surface area contributed by atoms with Crippen LogP contribution >= 0.6 is 0 Å². The first-order chi connectivity index (χ1) is 15.0. The van der Waals surface area contributed by atoms with Crippen LogP contribution in [0.5, 0.6) is 0 Å².